The van der Waals surface area contributed by atoms with Crippen LogP contribution < -0.4 is 5.32 Å². The summed E-state index contributed by atoms with van der Waals surface area (Å²) in [6.45, 7) is -0.590. The first-order valence-electron chi connectivity index (χ1n) is 6.57. The van der Waals surface area contributed by atoms with Gasteiger partial charge in [0.15, 0.2) is 0 Å². The SMILES string of the molecule is COC1(NC(=O)Cc2ccccc2C(=O)O)CN(S(=O)(=O)O)C1=O. The highest BCUT2D eigenvalue weighted by Crippen LogP contribution is 2.26. The Morgan fingerprint density at radius 2 is 2.00 bits per heavy atom. The molecule has 0 aliphatic carbocycles. The van der Waals surface area contributed by atoms with Crippen LogP contribution in [-0.2, 0) is 31.1 Å². The first kappa shape index (κ1) is 17.8. The molecular formula is C13H14N2O8S. The van der Waals surface area contributed by atoms with E-state index in [9.17, 15) is 22.8 Å². The molecule has 0 bridgehead atoms. The topological polar surface area (TPSA) is 150 Å². The largest absolute Gasteiger partial charge is 0.478 e. The molecule has 1 aliphatic heterocycles. The summed E-state index contributed by atoms with van der Waals surface area (Å²) in [5.41, 5.74) is -1.77. The summed E-state index contributed by atoms with van der Waals surface area (Å²) in [7, 11) is -3.65. The van der Waals surface area contributed by atoms with Crippen LogP contribution in [0, 0.1) is 0 Å². The number of hydrogen-bond acceptors (Lipinski definition) is 6. The lowest BCUT2D eigenvalue weighted by molar-refractivity contribution is -0.180. The zero-order valence-electron chi connectivity index (χ0n) is 12.4. The van der Waals surface area contributed by atoms with Crippen molar-refractivity contribution in [3.63, 3.8) is 0 Å². The monoisotopic (exact) mass is 358 g/mol. The summed E-state index contributed by atoms with van der Waals surface area (Å²) in [4.78, 5) is 35.1. The van der Waals surface area contributed by atoms with Crippen LogP contribution in [0.5, 0.6) is 0 Å². The molecule has 1 fully saturated rings. The number of hydrogen-bond donors (Lipinski definition) is 3. The number of carboxylic acids is 1. The maximum atomic E-state index is 12.1. The molecule has 24 heavy (non-hydrogen) atoms. The number of amides is 2. The molecule has 3 N–H and O–H groups in total. The van der Waals surface area contributed by atoms with Gasteiger partial charge in [-0.15, -0.1) is 0 Å². The molecule has 1 aliphatic rings. The second-order valence-corrected chi connectivity index (χ2v) is 6.34. The quantitative estimate of drug-likeness (QED) is 0.334. The second-order valence-electron chi connectivity index (χ2n) is 5.01. The van der Waals surface area contributed by atoms with Crippen molar-refractivity contribution in [1.29, 1.82) is 0 Å². The van der Waals surface area contributed by atoms with E-state index >= 15 is 0 Å². The maximum absolute atomic E-state index is 12.1. The maximum Gasteiger partial charge on any atom is 0.362 e. The molecule has 0 saturated carbocycles. The Hall–Kier alpha value is -2.50. The van der Waals surface area contributed by atoms with Gasteiger partial charge in [0, 0.05) is 7.11 Å². The first-order valence-corrected chi connectivity index (χ1v) is 7.97. The average Bonchev–Trinajstić information content (AvgIpc) is 2.49. The predicted molar refractivity (Wildman–Crippen MR) is 78.2 cm³/mol. The van der Waals surface area contributed by atoms with E-state index in [1.807, 2.05) is 0 Å². The van der Waals surface area contributed by atoms with Gasteiger partial charge < -0.3 is 15.2 Å². The number of methoxy groups -OCH3 is 1. The number of β-lactam (4-membered cyclic amide) rings is 1. The van der Waals surface area contributed by atoms with Crippen molar-refractivity contribution in [2.75, 3.05) is 13.7 Å². The Labute approximate surface area is 136 Å². The third-order valence-electron chi connectivity index (χ3n) is 3.51. The summed E-state index contributed by atoms with van der Waals surface area (Å²) in [6.07, 6.45) is -0.354. The molecule has 1 aromatic carbocycles. The van der Waals surface area contributed by atoms with E-state index in [1.54, 1.807) is 6.07 Å². The van der Waals surface area contributed by atoms with E-state index in [0.717, 1.165) is 7.11 Å². The lowest BCUT2D eigenvalue weighted by Gasteiger charge is -2.44. The number of carboxylic acid groups (broad SMARTS) is 1. The van der Waals surface area contributed by atoms with Crippen molar-refractivity contribution in [2.45, 2.75) is 12.1 Å². The molecule has 1 saturated heterocycles. The fraction of sp³-hybridized carbons (Fsp3) is 0.308. The van der Waals surface area contributed by atoms with Gasteiger partial charge in [0.1, 0.15) is 0 Å². The number of benzene rings is 1. The summed E-state index contributed by atoms with van der Waals surface area (Å²) in [6, 6.07) is 5.82. The fourth-order valence-corrected chi connectivity index (χ4v) is 2.96. The van der Waals surface area contributed by atoms with Crippen molar-refractivity contribution in [3.05, 3.63) is 35.4 Å². The lowest BCUT2D eigenvalue weighted by atomic mass is 10.0. The number of nitrogens with one attached hydrogen (secondary N) is 1. The number of ether oxygens (including phenoxy) is 1. The van der Waals surface area contributed by atoms with Crippen LogP contribution in [0.2, 0.25) is 0 Å². The minimum Gasteiger partial charge on any atom is -0.478 e. The zero-order valence-corrected chi connectivity index (χ0v) is 13.2. The Morgan fingerprint density at radius 3 is 2.50 bits per heavy atom. The van der Waals surface area contributed by atoms with Gasteiger partial charge in [0.05, 0.1) is 18.5 Å². The van der Waals surface area contributed by atoms with Crippen molar-refractivity contribution in [1.82, 2.24) is 9.62 Å². The van der Waals surface area contributed by atoms with Crippen LogP contribution in [0.25, 0.3) is 0 Å². The van der Waals surface area contributed by atoms with Crippen LogP contribution in [0.4, 0.5) is 0 Å². The standard InChI is InChI=1S/C13H14N2O8S/c1-23-13(7-15(12(13)19)24(20,21)22)14-10(16)6-8-4-2-3-5-9(8)11(17)18/h2-5H,6-7H2,1H3,(H,14,16)(H,17,18)(H,20,21,22). The number of carbonyl (C=O) groups excluding carboxylic acids is 2. The molecular weight excluding hydrogens is 344 g/mol. The van der Waals surface area contributed by atoms with Crippen LogP contribution >= 0.6 is 0 Å². The van der Waals surface area contributed by atoms with Crippen molar-refractivity contribution >= 4 is 28.1 Å². The summed E-state index contributed by atoms with van der Waals surface area (Å²) in [5.74, 6) is -3.10. The Bertz CT molecular complexity index is 806. The summed E-state index contributed by atoms with van der Waals surface area (Å²) >= 11 is 0. The van der Waals surface area contributed by atoms with Crippen LogP contribution in [0.15, 0.2) is 24.3 Å². The molecule has 10 nitrogen and oxygen atoms in total. The van der Waals surface area contributed by atoms with Crippen LogP contribution in [0.1, 0.15) is 15.9 Å². The van der Waals surface area contributed by atoms with Crippen molar-refractivity contribution in [2.24, 2.45) is 0 Å². The number of carbonyl (C=O) groups is 3. The highest BCUT2D eigenvalue weighted by Gasteiger charge is 2.58. The fourth-order valence-electron chi connectivity index (χ4n) is 2.26. The Balaban J connectivity index is 2.13. The molecule has 0 spiro atoms. The van der Waals surface area contributed by atoms with Gasteiger partial charge in [-0.25, -0.2) is 9.10 Å². The van der Waals surface area contributed by atoms with Gasteiger partial charge in [-0.2, -0.15) is 8.42 Å². The van der Waals surface area contributed by atoms with E-state index in [4.69, 9.17) is 14.4 Å². The van der Waals surface area contributed by atoms with E-state index in [1.165, 1.54) is 18.2 Å². The first-order chi connectivity index (χ1) is 11.1. The number of rotatable bonds is 6. The molecule has 2 rings (SSSR count). The third kappa shape index (κ3) is 3.22. The normalized spacial score (nSPS) is 20.4. The van der Waals surface area contributed by atoms with E-state index in [-0.39, 0.29) is 21.9 Å². The predicted octanol–water partition coefficient (Wildman–Crippen LogP) is -0.969. The van der Waals surface area contributed by atoms with Gasteiger partial charge in [-0.3, -0.25) is 14.1 Å². The summed E-state index contributed by atoms with van der Waals surface area (Å²) < 4.78 is 35.8. The molecule has 11 heteroatoms. The van der Waals surface area contributed by atoms with E-state index in [2.05, 4.69) is 5.32 Å². The minimum absolute atomic E-state index is 0.0707. The minimum atomic E-state index is -4.73. The van der Waals surface area contributed by atoms with E-state index in [0.29, 0.717) is 0 Å². The molecule has 130 valence electrons. The molecule has 1 unspecified atom stereocenters. The molecule has 2 amide bonds. The highest BCUT2D eigenvalue weighted by molar-refractivity contribution is 7.84. The number of nitrogens with zero attached hydrogens (tertiary/aromatic N) is 1. The van der Waals surface area contributed by atoms with Gasteiger partial charge in [-0.05, 0) is 11.6 Å². The van der Waals surface area contributed by atoms with Gasteiger partial charge >= 0.3 is 16.3 Å². The zero-order chi connectivity index (χ0) is 18.1. The smallest absolute Gasteiger partial charge is 0.362 e. The van der Waals surface area contributed by atoms with Crippen molar-refractivity contribution < 1.29 is 37.2 Å². The third-order valence-corrected chi connectivity index (χ3v) is 4.36. The molecule has 1 atom stereocenters. The Kier molecular flexibility index (Phi) is 4.60. The number of aromatic carboxylic acids is 1. The summed E-state index contributed by atoms with van der Waals surface area (Å²) in [5, 5.41) is 11.3. The molecule has 1 aromatic rings. The molecule has 1 heterocycles. The molecule has 0 radical (unpaired) electrons. The van der Waals surface area contributed by atoms with Gasteiger partial charge in [0.25, 0.3) is 5.91 Å². The molecule has 0 aromatic heterocycles. The Morgan fingerprint density at radius 1 is 1.38 bits per heavy atom. The van der Waals surface area contributed by atoms with Gasteiger partial charge in [0.2, 0.25) is 11.6 Å². The average molecular weight is 358 g/mol. The highest BCUT2D eigenvalue weighted by atomic mass is 32.2. The van der Waals surface area contributed by atoms with Crippen LogP contribution in [0.3, 0.4) is 0 Å². The van der Waals surface area contributed by atoms with Crippen molar-refractivity contribution in [3.8, 4) is 0 Å². The van der Waals surface area contributed by atoms with Crippen LogP contribution in [-0.4, -0.2) is 59.5 Å². The lowest BCUT2D eigenvalue weighted by Crippen LogP contribution is -2.76. The second kappa shape index (κ2) is 6.19. The van der Waals surface area contributed by atoms with Gasteiger partial charge in [-0.1, -0.05) is 18.2 Å². The van der Waals surface area contributed by atoms with E-state index < -0.39 is 40.4 Å².